The van der Waals surface area contributed by atoms with Gasteiger partial charge in [0.25, 0.3) is 11.8 Å². The Morgan fingerprint density at radius 1 is 0.913 bits per heavy atom. The molecule has 0 heterocycles. The number of thiocarbonyl (C=S) groups is 1. The molecule has 0 saturated carbocycles. The first-order valence-electron chi connectivity index (χ1n) is 6.71. The van der Waals surface area contributed by atoms with Crippen molar-refractivity contribution in [1.82, 2.24) is 16.2 Å². The molecule has 2 aromatic rings. The van der Waals surface area contributed by atoms with Gasteiger partial charge in [-0.3, -0.25) is 25.8 Å². The van der Waals surface area contributed by atoms with Crippen LogP contribution in [0.15, 0.2) is 48.5 Å². The molecule has 0 spiro atoms. The lowest BCUT2D eigenvalue weighted by molar-refractivity contribution is 0.0934. The van der Waals surface area contributed by atoms with E-state index in [4.69, 9.17) is 23.8 Å². The van der Waals surface area contributed by atoms with Gasteiger partial charge in [-0.15, -0.1) is 0 Å². The minimum Gasteiger partial charge on any atom is -0.298 e. The fraction of sp³-hybridized carbons (Fsp3) is 0.0625. The summed E-state index contributed by atoms with van der Waals surface area (Å²) in [6.45, 7) is 1.82. The summed E-state index contributed by atoms with van der Waals surface area (Å²) in [7, 11) is 0. The number of aryl methyl sites for hydroxylation is 1. The molecule has 0 atom stereocenters. The largest absolute Gasteiger partial charge is 0.298 e. The highest BCUT2D eigenvalue weighted by Gasteiger charge is 2.12. The van der Waals surface area contributed by atoms with Crippen LogP contribution in [0.3, 0.4) is 0 Å². The first kappa shape index (κ1) is 16.9. The molecule has 0 aromatic heterocycles. The molecule has 0 aliphatic carbocycles. The van der Waals surface area contributed by atoms with E-state index < -0.39 is 5.91 Å². The van der Waals surface area contributed by atoms with Gasteiger partial charge in [0.2, 0.25) is 0 Å². The Morgan fingerprint density at radius 2 is 1.52 bits per heavy atom. The molecule has 2 aromatic carbocycles. The quantitative estimate of drug-likeness (QED) is 0.577. The zero-order valence-electron chi connectivity index (χ0n) is 12.2. The second-order valence-corrected chi connectivity index (χ2v) is 5.47. The fourth-order valence-corrected chi connectivity index (χ4v) is 2.22. The van der Waals surface area contributed by atoms with Crippen molar-refractivity contribution >= 4 is 40.7 Å². The van der Waals surface area contributed by atoms with Gasteiger partial charge in [0.05, 0.1) is 10.6 Å². The predicted octanol–water partition coefficient (Wildman–Crippen LogP) is 2.60. The van der Waals surface area contributed by atoms with Crippen LogP contribution in [-0.4, -0.2) is 16.9 Å². The fourth-order valence-electron chi connectivity index (χ4n) is 1.86. The van der Waals surface area contributed by atoms with Crippen LogP contribution in [0.5, 0.6) is 0 Å². The lowest BCUT2D eigenvalue weighted by Crippen LogP contribution is -2.48. The van der Waals surface area contributed by atoms with Crippen LogP contribution in [0.4, 0.5) is 0 Å². The lowest BCUT2D eigenvalue weighted by atomic mass is 10.1. The van der Waals surface area contributed by atoms with E-state index in [-0.39, 0.29) is 11.0 Å². The average molecular weight is 348 g/mol. The number of hydrogen-bond acceptors (Lipinski definition) is 3. The zero-order chi connectivity index (χ0) is 16.8. The van der Waals surface area contributed by atoms with Crippen LogP contribution in [0, 0.1) is 6.92 Å². The Balaban J connectivity index is 1.91. The van der Waals surface area contributed by atoms with Gasteiger partial charge >= 0.3 is 0 Å². The first-order chi connectivity index (χ1) is 11.0. The third kappa shape index (κ3) is 4.51. The van der Waals surface area contributed by atoms with Crippen molar-refractivity contribution in [3.05, 3.63) is 70.2 Å². The molecule has 2 amide bonds. The van der Waals surface area contributed by atoms with Crippen molar-refractivity contribution < 1.29 is 9.59 Å². The molecule has 0 aliphatic rings. The van der Waals surface area contributed by atoms with Gasteiger partial charge in [-0.25, -0.2) is 0 Å². The van der Waals surface area contributed by atoms with Gasteiger partial charge in [0.1, 0.15) is 0 Å². The Morgan fingerprint density at radius 3 is 2.17 bits per heavy atom. The van der Waals surface area contributed by atoms with Crippen molar-refractivity contribution in [3.63, 3.8) is 0 Å². The molecular formula is C16H14ClN3O2S. The Kier molecular flexibility index (Phi) is 5.67. The Labute approximate surface area is 144 Å². The molecule has 118 valence electrons. The van der Waals surface area contributed by atoms with E-state index >= 15 is 0 Å². The number of rotatable bonds is 2. The predicted molar refractivity (Wildman–Crippen MR) is 93.3 cm³/mol. The maximum atomic E-state index is 12.1. The van der Waals surface area contributed by atoms with Crippen molar-refractivity contribution in [1.29, 1.82) is 0 Å². The summed E-state index contributed by atoms with van der Waals surface area (Å²) in [6, 6.07) is 13.7. The minimum absolute atomic E-state index is 0.0151. The first-order valence-corrected chi connectivity index (χ1v) is 7.49. The molecule has 23 heavy (non-hydrogen) atoms. The van der Waals surface area contributed by atoms with Crippen LogP contribution in [0.2, 0.25) is 5.02 Å². The van der Waals surface area contributed by atoms with E-state index in [0.29, 0.717) is 16.1 Å². The summed E-state index contributed by atoms with van der Waals surface area (Å²) in [5.41, 5.74) is 6.49. The number of hydrazine groups is 1. The van der Waals surface area contributed by atoms with Crippen molar-refractivity contribution in [2.45, 2.75) is 6.92 Å². The van der Waals surface area contributed by atoms with Crippen LogP contribution >= 0.6 is 23.8 Å². The molecule has 5 nitrogen and oxygen atoms in total. The molecule has 2 rings (SSSR count). The van der Waals surface area contributed by atoms with Crippen LogP contribution < -0.4 is 16.2 Å². The standard InChI is InChI=1S/C16H14ClN3O2S/c1-10-6-2-3-7-11(10)14(21)18-16(23)20-19-15(22)12-8-4-5-9-13(12)17/h2-9H,1H3,(H,19,22)(H2,18,20,21,23). The van der Waals surface area contributed by atoms with E-state index in [1.165, 1.54) is 0 Å². The maximum Gasteiger partial charge on any atom is 0.271 e. The van der Waals surface area contributed by atoms with E-state index in [1.807, 2.05) is 19.1 Å². The van der Waals surface area contributed by atoms with Crippen LogP contribution in [0.1, 0.15) is 26.3 Å². The molecule has 3 N–H and O–H groups in total. The van der Waals surface area contributed by atoms with E-state index in [9.17, 15) is 9.59 Å². The second-order valence-electron chi connectivity index (χ2n) is 4.66. The molecule has 0 saturated heterocycles. The smallest absolute Gasteiger partial charge is 0.271 e. The monoisotopic (exact) mass is 347 g/mol. The van der Waals surface area contributed by atoms with Gasteiger partial charge in [0.15, 0.2) is 5.11 Å². The third-order valence-electron chi connectivity index (χ3n) is 3.02. The second kappa shape index (κ2) is 7.71. The van der Waals surface area contributed by atoms with Gasteiger partial charge in [-0.2, -0.15) is 0 Å². The summed E-state index contributed by atoms with van der Waals surface area (Å²) in [5.74, 6) is -0.810. The van der Waals surface area contributed by atoms with E-state index in [1.54, 1.807) is 36.4 Å². The summed E-state index contributed by atoms with van der Waals surface area (Å²) in [6.07, 6.45) is 0. The normalized spacial score (nSPS) is 9.83. The number of amides is 2. The van der Waals surface area contributed by atoms with Gasteiger partial charge in [0, 0.05) is 5.56 Å². The SMILES string of the molecule is Cc1ccccc1C(=O)NC(=S)NNC(=O)c1ccccc1Cl. The molecule has 0 radical (unpaired) electrons. The van der Waals surface area contributed by atoms with Gasteiger partial charge in [-0.1, -0.05) is 41.9 Å². The number of carbonyl (C=O) groups is 2. The van der Waals surface area contributed by atoms with Crippen molar-refractivity contribution in [2.75, 3.05) is 0 Å². The number of benzene rings is 2. The third-order valence-corrected chi connectivity index (χ3v) is 3.56. The van der Waals surface area contributed by atoms with Crippen LogP contribution in [-0.2, 0) is 0 Å². The Hall–Kier alpha value is -2.44. The lowest BCUT2D eigenvalue weighted by Gasteiger charge is -2.12. The molecule has 0 aliphatic heterocycles. The highest BCUT2D eigenvalue weighted by atomic mass is 35.5. The summed E-state index contributed by atoms with van der Waals surface area (Å²) in [4.78, 5) is 24.0. The highest BCUT2D eigenvalue weighted by molar-refractivity contribution is 7.80. The molecule has 0 fully saturated rings. The molecular weight excluding hydrogens is 334 g/mol. The zero-order valence-corrected chi connectivity index (χ0v) is 13.8. The highest BCUT2D eigenvalue weighted by Crippen LogP contribution is 2.14. The van der Waals surface area contributed by atoms with Crippen molar-refractivity contribution in [2.24, 2.45) is 0 Å². The number of hydrogen-bond donors (Lipinski definition) is 3. The topological polar surface area (TPSA) is 70.2 Å². The number of halogens is 1. The van der Waals surface area contributed by atoms with E-state index in [2.05, 4.69) is 16.2 Å². The minimum atomic E-state index is -0.455. The summed E-state index contributed by atoms with van der Waals surface area (Å²) < 4.78 is 0. The molecule has 0 bridgehead atoms. The number of carbonyl (C=O) groups excluding carboxylic acids is 2. The van der Waals surface area contributed by atoms with E-state index in [0.717, 1.165) is 5.56 Å². The number of nitrogens with one attached hydrogen (secondary N) is 3. The summed E-state index contributed by atoms with van der Waals surface area (Å²) in [5, 5.41) is 2.80. The summed E-state index contributed by atoms with van der Waals surface area (Å²) >= 11 is 10.9. The maximum absolute atomic E-state index is 12.1. The van der Waals surface area contributed by atoms with Crippen LogP contribution in [0.25, 0.3) is 0 Å². The van der Waals surface area contributed by atoms with Gasteiger partial charge < -0.3 is 0 Å². The Bertz CT molecular complexity index is 764. The molecule has 0 unspecified atom stereocenters. The average Bonchev–Trinajstić information content (AvgIpc) is 2.53. The van der Waals surface area contributed by atoms with Crippen molar-refractivity contribution in [3.8, 4) is 0 Å². The molecule has 7 heteroatoms. The van der Waals surface area contributed by atoms with Gasteiger partial charge in [-0.05, 0) is 42.9 Å².